The van der Waals surface area contributed by atoms with Crippen LogP contribution < -0.4 is 9.46 Å². The normalized spacial score (nSPS) is 10.7. The highest BCUT2D eigenvalue weighted by molar-refractivity contribution is 7.92. The van der Waals surface area contributed by atoms with Crippen LogP contribution in [0.25, 0.3) is 0 Å². The lowest BCUT2D eigenvalue weighted by Gasteiger charge is -2.09. The van der Waals surface area contributed by atoms with Crippen LogP contribution in [0.3, 0.4) is 0 Å². The molecule has 0 radical (unpaired) electrons. The highest BCUT2D eigenvalue weighted by atomic mass is 32.2. The third kappa shape index (κ3) is 3.09. The molecule has 21 heavy (non-hydrogen) atoms. The number of benzene rings is 1. The van der Waals surface area contributed by atoms with Gasteiger partial charge in [0.15, 0.2) is 0 Å². The van der Waals surface area contributed by atoms with Crippen LogP contribution in [0.5, 0.6) is 5.88 Å². The summed E-state index contributed by atoms with van der Waals surface area (Å²) < 4.78 is 45.0. The van der Waals surface area contributed by atoms with E-state index in [2.05, 4.69) is 9.71 Å². The van der Waals surface area contributed by atoms with Gasteiger partial charge in [-0.25, -0.2) is 17.8 Å². The maximum atomic E-state index is 13.5. The molecule has 0 fully saturated rings. The van der Waals surface area contributed by atoms with Gasteiger partial charge in [0.1, 0.15) is 22.3 Å². The molecule has 108 valence electrons. The van der Waals surface area contributed by atoms with Gasteiger partial charge >= 0.3 is 0 Å². The largest absolute Gasteiger partial charge is 0.481 e. The Morgan fingerprint density at radius 3 is 2.67 bits per heavy atom. The highest BCUT2D eigenvalue weighted by Gasteiger charge is 2.21. The number of ether oxygens (including phenoxy) is 1. The molecular formula is C13H10FN3O3S. The smallest absolute Gasteiger partial charge is 0.263 e. The summed E-state index contributed by atoms with van der Waals surface area (Å²) >= 11 is 0. The number of nitriles is 1. The molecule has 0 saturated carbocycles. The summed E-state index contributed by atoms with van der Waals surface area (Å²) in [5, 5.41) is 8.89. The highest BCUT2D eigenvalue weighted by Crippen LogP contribution is 2.21. The van der Waals surface area contributed by atoms with Crippen LogP contribution in [-0.4, -0.2) is 20.5 Å². The van der Waals surface area contributed by atoms with E-state index in [1.807, 2.05) is 0 Å². The van der Waals surface area contributed by atoms with Crippen molar-refractivity contribution < 1.29 is 17.5 Å². The van der Waals surface area contributed by atoms with E-state index in [1.54, 1.807) is 6.07 Å². The number of methoxy groups -OCH3 is 1. The van der Waals surface area contributed by atoms with Crippen molar-refractivity contribution in [2.45, 2.75) is 4.90 Å². The monoisotopic (exact) mass is 307 g/mol. The SMILES string of the molecule is COc1ccc(NS(=O)(=O)c2cccc(F)c2C#N)cn1. The van der Waals surface area contributed by atoms with Crippen LogP contribution in [0.2, 0.25) is 0 Å². The van der Waals surface area contributed by atoms with Crippen LogP contribution in [0.1, 0.15) is 5.56 Å². The summed E-state index contributed by atoms with van der Waals surface area (Å²) in [6, 6.07) is 7.84. The second-order valence-electron chi connectivity index (χ2n) is 3.92. The second kappa shape index (κ2) is 5.76. The molecule has 2 aromatic rings. The number of hydrogen-bond donors (Lipinski definition) is 1. The van der Waals surface area contributed by atoms with Crippen molar-refractivity contribution in [3.8, 4) is 11.9 Å². The summed E-state index contributed by atoms with van der Waals surface area (Å²) in [6.45, 7) is 0. The lowest BCUT2D eigenvalue weighted by Crippen LogP contribution is -2.15. The zero-order valence-corrected chi connectivity index (χ0v) is 11.7. The Morgan fingerprint density at radius 2 is 2.10 bits per heavy atom. The number of nitrogens with one attached hydrogen (secondary N) is 1. The number of hydrogen-bond acceptors (Lipinski definition) is 5. The van der Waals surface area contributed by atoms with Crippen molar-refractivity contribution in [3.05, 3.63) is 47.9 Å². The predicted octanol–water partition coefficient (Wildman–Crippen LogP) is 1.90. The van der Waals surface area contributed by atoms with Gasteiger partial charge in [-0.05, 0) is 18.2 Å². The average Bonchev–Trinajstić information content (AvgIpc) is 2.47. The second-order valence-corrected chi connectivity index (χ2v) is 5.57. The van der Waals surface area contributed by atoms with Crippen molar-refractivity contribution in [1.82, 2.24) is 4.98 Å². The molecule has 0 saturated heterocycles. The number of pyridine rings is 1. The molecular weight excluding hydrogens is 297 g/mol. The van der Waals surface area contributed by atoms with Crippen LogP contribution in [-0.2, 0) is 10.0 Å². The van der Waals surface area contributed by atoms with Gasteiger partial charge in [0, 0.05) is 6.07 Å². The van der Waals surface area contributed by atoms with Gasteiger partial charge in [0.2, 0.25) is 5.88 Å². The molecule has 1 aromatic carbocycles. The molecule has 0 aliphatic heterocycles. The Labute approximate surface area is 120 Å². The van der Waals surface area contributed by atoms with Crippen LogP contribution >= 0.6 is 0 Å². The number of nitrogens with zero attached hydrogens (tertiary/aromatic N) is 2. The van der Waals surface area contributed by atoms with Crippen molar-refractivity contribution in [3.63, 3.8) is 0 Å². The van der Waals surface area contributed by atoms with E-state index in [9.17, 15) is 12.8 Å². The third-order valence-electron chi connectivity index (χ3n) is 2.57. The Kier molecular flexibility index (Phi) is 4.05. The Balaban J connectivity index is 2.39. The summed E-state index contributed by atoms with van der Waals surface area (Å²) in [4.78, 5) is 3.42. The molecule has 0 spiro atoms. The van der Waals surface area contributed by atoms with E-state index in [-0.39, 0.29) is 5.69 Å². The third-order valence-corrected chi connectivity index (χ3v) is 4.00. The Morgan fingerprint density at radius 1 is 1.33 bits per heavy atom. The molecule has 0 amide bonds. The number of aromatic nitrogens is 1. The van der Waals surface area contributed by atoms with E-state index in [0.29, 0.717) is 5.88 Å². The molecule has 0 aliphatic carbocycles. The standard InChI is InChI=1S/C13H10FN3O3S/c1-20-13-6-5-9(8-16-13)17-21(18,19)12-4-2-3-11(14)10(12)7-15/h2-6,8,17H,1H3. The molecule has 0 aliphatic rings. The molecule has 2 rings (SSSR count). The van der Waals surface area contributed by atoms with Gasteiger partial charge in [-0.2, -0.15) is 5.26 Å². The van der Waals surface area contributed by atoms with Gasteiger partial charge in [-0.3, -0.25) is 4.72 Å². The van der Waals surface area contributed by atoms with Gasteiger partial charge in [-0.1, -0.05) is 6.07 Å². The summed E-state index contributed by atoms with van der Waals surface area (Å²) in [6.07, 6.45) is 1.25. The fourth-order valence-corrected chi connectivity index (χ4v) is 2.82. The first-order valence-electron chi connectivity index (χ1n) is 5.69. The maximum absolute atomic E-state index is 13.5. The minimum atomic E-state index is -4.09. The lowest BCUT2D eigenvalue weighted by atomic mass is 10.2. The first-order valence-corrected chi connectivity index (χ1v) is 7.17. The maximum Gasteiger partial charge on any atom is 0.263 e. The van der Waals surface area contributed by atoms with Crippen LogP contribution in [0, 0.1) is 17.1 Å². The topological polar surface area (TPSA) is 92.1 Å². The van der Waals surface area contributed by atoms with E-state index in [1.165, 1.54) is 31.5 Å². The minimum Gasteiger partial charge on any atom is -0.481 e. The molecule has 0 atom stereocenters. The molecule has 8 heteroatoms. The Hall–Kier alpha value is -2.66. The summed E-state index contributed by atoms with van der Waals surface area (Å²) in [5.41, 5.74) is -0.365. The van der Waals surface area contributed by atoms with E-state index >= 15 is 0 Å². The van der Waals surface area contributed by atoms with Crippen molar-refractivity contribution in [2.75, 3.05) is 11.8 Å². The van der Waals surface area contributed by atoms with Crippen LogP contribution in [0.15, 0.2) is 41.4 Å². The number of sulfonamides is 1. The number of anilines is 1. The zero-order valence-electron chi connectivity index (χ0n) is 10.9. The van der Waals surface area contributed by atoms with Gasteiger partial charge in [0.05, 0.1) is 19.0 Å². The van der Waals surface area contributed by atoms with Gasteiger partial charge in [-0.15, -0.1) is 0 Å². The van der Waals surface area contributed by atoms with Crippen molar-refractivity contribution in [2.24, 2.45) is 0 Å². The molecule has 1 N–H and O–H groups in total. The molecule has 6 nitrogen and oxygen atoms in total. The minimum absolute atomic E-state index is 0.170. The molecule has 1 heterocycles. The summed E-state index contributed by atoms with van der Waals surface area (Å²) in [5.74, 6) is -0.574. The van der Waals surface area contributed by atoms with E-state index in [4.69, 9.17) is 10.00 Å². The first kappa shape index (κ1) is 14.7. The molecule has 1 aromatic heterocycles. The van der Waals surface area contributed by atoms with E-state index in [0.717, 1.165) is 12.1 Å². The van der Waals surface area contributed by atoms with Crippen molar-refractivity contribution in [1.29, 1.82) is 5.26 Å². The Bertz CT molecular complexity index is 798. The summed E-state index contributed by atoms with van der Waals surface area (Å²) in [7, 11) is -2.66. The van der Waals surface area contributed by atoms with E-state index < -0.39 is 26.3 Å². The van der Waals surface area contributed by atoms with Crippen molar-refractivity contribution >= 4 is 15.7 Å². The fourth-order valence-electron chi connectivity index (χ4n) is 1.61. The lowest BCUT2D eigenvalue weighted by molar-refractivity contribution is 0.398. The number of rotatable bonds is 4. The first-order chi connectivity index (χ1) is 9.97. The van der Waals surface area contributed by atoms with Crippen LogP contribution in [0.4, 0.5) is 10.1 Å². The van der Waals surface area contributed by atoms with Gasteiger partial charge < -0.3 is 4.74 Å². The zero-order chi connectivity index (χ0) is 15.5. The quantitative estimate of drug-likeness (QED) is 0.931. The fraction of sp³-hybridized carbons (Fsp3) is 0.0769. The molecule has 0 unspecified atom stereocenters. The molecule has 0 bridgehead atoms. The predicted molar refractivity (Wildman–Crippen MR) is 72.7 cm³/mol. The van der Waals surface area contributed by atoms with Gasteiger partial charge in [0.25, 0.3) is 10.0 Å². The average molecular weight is 307 g/mol. The number of halogens is 1.